The van der Waals surface area contributed by atoms with Crippen molar-refractivity contribution in [1.29, 1.82) is 0 Å². The van der Waals surface area contributed by atoms with Crippen LogP contribution in [0.15, 0.2) is 11.6 Å². The molecule has 0 spiro atoms. The number of carboxylic acids is 1. The number of ether oxygens (including phenoxy) is 2. The first-order valence-electron chi connectivity index (χ1n) is 13.0. The second-order valence-electron chi connectivity index (χ2n) is 11.3. The first-order chi connectivity index (χ1) is 15.7. The Labute approximate surface area is 198 Å². The van der Waals surface area contributed by atoms with Crippen molar-refractivity contribution in [2.45, 2.75) is 109 Å². The molecule has 7 atom stereocenters. The van der Waals surface area contributed by atoms with Gasteiger partial charge in [-0.3, -0.25) is 4.79 Å². The number of hydrogen-bond acceptors (Lipinski definition) is 5. The number of fused-ring (bicyclic) bond motifs is 5. The minimum atomic E-state index is -0.833. The molecule has 0 saturated heterocycles. The normalized spacial score (nSPS) is 44.5. The predicted molar refractivity (Wildman–Crippen MR) is 124 cm³/mol. The molecule has 0 radical (unpaired) electrons. The van der Waals surface area contributed by atoms with Gasteiger partial charge in [0.2, 0.25) is 0 Å². The van der Waals surface area contributed by atoms with Crippen LogP contribution in [0, 0.1) is 28.6 Å². The second kappa shape index (κ2) is 9.43. The van der Waals surface area contributed by atoms with Gasteiger partial charge in [0.1, 0.15) is 11.7 Å². The zero-order valence-corrected chi connectivity index (χ0v) is 20.6. The van der Waals surface area contributed by atoms with Gasteiger partial charge in [0.15, 0.2) is 5.79 Å². The lowest BCUT2D eigenvalue weighted by Gasteiger charge is -2.62. The zero-order valence-electron chi connectivity index (χ0n) is 20.6. The molecule has 186 valence electrons. The van der Waals surface area contributed by atoms with E-state index >= 15 is 0 Å². The summed E-state index contributed by atoms with van der Waals surface area (Å²) in [6.07, 6.45) is 16.0. The van der Waals surface area contributed by atoms with Crippen molar-refractivity contribution in [1.82, 2.24) is 0 Å². The molecule has 6 heteroatoms. The molecule has 0 aromatic rings. The average Bonchev–Trinajstić information content (AvgIpc) is 3.40. The Bertz CT molecular complexity index is 769. The highest BCUT2D eigenvalue weighted by molar-refractivity contribution is 5.69. The number of allylic oxidation sites excluding steroid dienone is 1. The van der Waals surface area contributed by atoms with Gasteiger partial charge in [-0.15, -0.1) is 0 Å². The molecule has 6 nitrogen and oxygen atoms in total. The van der Waals surface area contributed by atoms with Crippen LogP contribution in [-0.4, -0.2) is 47.6 Å². The van der Waals surface area contributed by atoms with E-state index in [0.717, 1.165) is 71.1 Å². The summed E-state index contributed by atoms with van der Waals surface area (Å²) in [6, 6.07) is 0. The molecule has 0 heterocycles. The first kappa shape index (κ1) is 24.9. The van der Waals surface area contributed by atoms with Crippen molar-refractivity contribution in [3.8, 4) is 0 Å². The molecule has 33 heavy (non-hydrogen) atoms. The molecule has 0 aliphatic heterocycles. The highest BCUT2D eigenvalue weighted by Crippen LogP contribution is 2.67. The SMILES string of the molecule is CC(=O)O.COC1(OC2CCCC2)CCC=C2CCC3C4CC[C@H](O)[C@@]4(C)CCC3[C@]21C=O. The standard InChI is InChI=1S/C25H38O4.C2H4O2/c1-23-15-13-21-19(20(23)11-12-22(23)27)10-9-17-6-5-14-25(28-2,24(17,21)16-26)29-18-7-3-4-8-18;1-2(3)4/h6,16,18-22,27H,3-5,7-15H2,1-2H3;1H3,(H,3,4)/t19?,20?,21?,22-,23-,24-,25?;/m0./s1. The quantitative estimate of drug-likeness (QED) is 0.351. The molecular weight excluding hydrogens is 420 g/mol. The Morgan fingerprint density at radius 2 is 1.79 bits per heavy atom. The van der Waals surface area contributed by atoms with Crippen LogP contribution in [-0.2, 0) is 19.1 Å². The van der Waals surface area contributed by atoms with Gasteiger partial charge in [-0.25, -0.2) is 0 Å². The molecule has 4 saturated carbocycles. The number of carboxylic acid groups (broad SMARTS) is 1. The van der Waals surface area contributed by atoms with Gasteiger partial charge in [0.05, 0.1) is 12.2 Å². The van der Waals surface area contributed by atoms with Gasteiger partial charge in [0.25, 0.3) is 5.97 Å². The molecule has 5 aliphatic rings. The third-order valence-corrected chi connectivity index (χ3v) is 9.92. The van der Waals surface area contributed by atoms with E-state index in [-0.39, 0.29) is 23.5 Å². The summed E-state index contributed by atoms with van der Waals surface area (Å²) in [5.41, 5.74) is 0.644. The van der Waals surface area contributed by atoms with Crippen molar-refractivity contribution in [3.63, 3.8) is 0 Å². The number of aliphatic hydroxyl groups is 1. The Hall–Kier alpha value is -1.24. The highest BCUT2D eigenvalue weighted by Gasteiger charge is 2.68. The van der Waals surface area contributed by atoms with Crippen molar-refractivity contribution in [3.05, 3.63) is 11.6 Å². The van der Waals surface area contributed by atoms with Gasteiger partial charge >= 0.3 is 0 Å². The Morgan fingerprint density at radius 1 is 1.09 bits per heavy atom. The maximum absolute atomic E-state index is 13.1. The van der Waals surface area contributed by atoms with Crippen LogP contribution in [0.5, 0.6) is 0 Å². The van der Waals surface area contributed by atoms with Crippen molar-refractivity contribution >= 4 is 12.3 Å². The number of methoxy groups -OCH3 is 1. The maximum Gasteiger partial charge on any atom is 0.300 e. The van der Waals surface area contributed by atoms with E-state index in [2.05, 4.69) is 13.0 Å². The van der Waals surface area contributed by atoms with Crippen molar-refractivity contribution in [2.75, 3.05) is 7.11 Å². The summed E-state index contributed by atoms with van der Waals surface area (Å²) in [5.74, 6) is -0.391. The summed E-state index contributed by atoms with van der Waals surface area (Å²) in [5, 5.41) is 18.2. The second-order valence-corrected chi connectivity index (χ2v) is 11.3. The first-order valence-corrected chi connectivity index (χ1v) is 13.0. The Balaban J connectivity index is 0.000000601. The third kappa shape index (κ3) is 3.90. The lowest BCUT2D eigenvalue weighted by molar-refractivity contribution is -0.313. The van der Waals surface area contributed by atoms with Crippen LogP contribution >= 0.6 is 0 Å². The smallest absolute Gasteiger partial charge is 0.300 e. The summed E-state index contributed by atoms with van der Waals surface area (Å²) >= 11 is 0. The van der Waals surface area contributed by atoms with Crippen LogP contribution in [0.2, 0.25) is 0 Å². The minimum Gasteiger partial charge on any atom is -0.481 e. The molecular formula is C27H42O6. The fraction of sp³-hybridized carbons (Fsp3) is 0.852. The molecule has 2 N–H and O–H groups in total. The number of hydrogen-bond donors (Lipinski definition) is 2. The predicted octanol–water partition coefficient (Wildman–Crippen LogP) is 4.88. The zero-order chi connectivity index (χ0) is 23.9. The van der Waals surface area contributed by atoms with Crippen LogP contribution in [0.3, 0.4) is 0 Å². The molecule has 5 rings (SSSR count). The molecule has 4 fully saturated rings. The summed E-state index contributed by atoms with van der Waals surface area (Å²) in [4.78, 5) is 22.1. The van der Waals surface area contributed by atoms with E-state index in [1.54, 1.807) is 7.11 Å². The summed E-state index contributed by atoms with van der Waals surface area (Å²) < 4.78 is 13.1. The van der Waals surface area contributed by atoms with E-state index in [1.165, 1.54) is 24.7 Å². The van der Waals surface area contributed by atoms with Gasteiger partial charge in [-0.2, -0.15) is 0 Å². The van der Waals surface area contributed by atoms with Crippen LogP contribution in [0.25, 0.3) is 0 Å². The number of aliphatic hydroxyl groups excluding tert-OH is 1. The topological polar surface area (TPSA) is 93.1 Å². The molecule has 0 amide bonds. The molecule has 0 aromatic carbocycles. The Morgan fingerprint density at radius 3 is 2.42 bits per heavy atom. The summed E-state index contributed by atoms with van der Waals surface area (Å²) in [6.45, 7) is 3.38. The van der Waals surface area contributed by atoms with Gasteiger partial charge in [0, 0.05) is 20.5 Å². The van der Waals surface area contributed by atoms with Crippen LogP contribution < -0.4 is 0 Å². The Kier molecular flexibility index (Phi) is 7.10. The largest absolute Gasteiger partial charge is 0.481 e. The number of aliphatic carboxylic acids is 1. The lowest BCUT2D eigenvalue weighted by Crippen LogP contribution is -2.65. The minimum absolute atomic E-state index is 0.0170. The van der Waals surface area contributed by atoms with Gasteiger partial charge in [-0.1, -0.05) is 31.4 Å². The molecule has 0 bridgehead atoms. The van der Waals surface area contributed by atoms with Gasteiger partial charge in [-0.05, 0) is 81.0 Å². The highest BCUT2D eigenvalue weighted by atomic mass is 16.7. The lowest BCUT2D eigenvalue weighted by atomic mass is 9.45. The molecule has 5 aliphatic carbocycles. The van der Waals surface area contributed by atoms with E-state index in [1.807, 2.05) is 0 Å². The number of rotatable bonds is 4. The molecule has 0 aromatic heterocycles. The van der Waals surface area contributed by atoms with Crippen LogP contribution in [0.4, 0.5) is 0 Å². The number of carbonyl (C=O) groups is 2. The monoisotopic (exact) mass is 462 g/mol. The van der Waals surface area contributed by atoms with Crippen LogP contribution in [0.1, 0.15) is 90.9 Å². The maximum atomic E-state index is 13.1. The number of carbonyl (C=O) groups excluding carboxylic acids is 1. The molecule has 4 unspecified atom stereocenters. The van der Waals surface area contributed by atoms with Crippen molar-refractivity contribution in [2.24, 2.45) is 28.6 Å². The van der Waals surface area contributed by atoms with E-state index in [9.17, 15) is 9.90 Å². The summed E-state index contributed by atoms with van der Waals surface area (Å²) in [7, 11) is 1.76. The fourth-order valence-electron chi connectivity index (χ4n) is 8.44. The van der Waals surface area contributed by atoms with Gasteiger partial charge < -0.3 is 24.5 Å². The third-order valence-electron chi connectivity index (χ3n) is 9.92. The van der Waals surface area contributed by atoms with Crippen molar-refractivity contribution < 1.29 is 29.3 Å². The number of aldehydes is 1. The fourth-order valence-corrected chi connectivity index (χ4v) is 8.44. The van der Waals surface area contributed by atoms with E-state index in [4.69, 9.17) is 19.4 Å². The van der Waals surface area contributed by atoms with E-state index < -0.39 is 17.2 Å². The average molecular weight is 463 g/mol. The van der Waals surface area contributed by atoms with E-state index in [0.29, 0.717) is 11.8 Å².